The van der Waals surface area contributed by atoms with Crippen molar-refractivity contribution in [3.63, 3.8) is 0 Å². The van der Waals surface area contributed by atoms with E-state index in [2.05, 4.69) is 0 Å². The molecule has 2 N–H and O–H groups in total. The summed E-state index contributed by atoms with van der Waals surface area (Å²) in [6, 6.07) is 0.712. The van der Waals surface area contributed by atoms with Gasteiger partial charge in [0.1, 0.15) is 0 Å². The Labute approximate surface area is 108 Å². The Hall–Kier alpha value is -2.15. The van der Waals surface area contributed by atoms with Gasteiger partial charge in [-0.05, 0) is 12.8 Å². The van der Waals surface area contributed by atoms with Crippen molar-refractivity contribution in [2.45, 2.75) is 18.9 Å². The van der Waals surface area contributed by atoms with Gasteiger partial charge in [0.15, 0.2) is 0 Å². The van der Waals surface area contributed by atoms with E-state index in [-0.39, 0.29) is 11.6 Å². The molecule has 7 heteroatoms. The second-order valence-electron chi connectivity index (χ2n) is 4.30. The molecule has 0 unspecified atom stereocenters. The van der Waals surface area contributed by atoms with Crippen molar-refractivity contribution in [3.8, 4) is 0 Å². The number of hydrogen-bond donors (Lipinski definition) is 2. The maximum atomic E-state index is 11.9. The number of ether oxygens (including phenoxy) is 1. The van der Waals surface area contributed by atoms with Crippen LogP contribution in [0.15, 0.2) is 17.1 Å². The molecule has 19 heavy (non-hydrogen) atoms. The van der Waals surface area contributed by atoms with Crippen LogP contribution < -0.4 is 5.56 Å². The van der Waals surface area contributed by atoms with Crippen LogP contribution in [0.1, 0.15) is 39.6 Å². The fraction of sp³-hybridized carbons (Fsp3) is 0.417. The molecule has 1 fully saturated rings. The zero-order valence-electron chi connectivity index (χ0n) is 10.0. The molecule has 1 aliphatic rings. The number of carbonyl (C=O) groups is 2. The molecule has 1 aromatic rings. The molecule has 2 heterocycles. The Morgan fingerprint density at radius 1 is 1.16 bits per heavy atom. The monoisotopic (exact) mass is 267 g/mol. The van der Waals surface area contributed by atoms with Crippen LogP contribution in [-0.2, 0) is 4.74 Å². The van der Waals surface area contributed by atoms with Crippen LogP contribution in [0.25, 0.3) is 0 Å². The first-order valence-electron chi connectivity index (χ1n) is 5.81. The Morgan fingerprint density at radius 2 is 1.74 bits per heavy atom. The molecule has 0 radical (unpaired) electrons. The van der Waals surface area contributed by atoms with Gasteiger partial charge in [-0.25, -0.2) is 9.59 Å². The molecule has 0 spiro atoms. The summed E-state index contributed by atoms with van der Waals surface area (Å²) < 4.78 is 6.46. The second-order valence-corrected chi connectivity index (χ2v) is 4.30. The van der Waals surface area contributed by atoms with Crippen LogP contribution in [-0.4, -0.2) is 39.9 Å². The van der Waals surface area contributed by atoms with E-state index in [0.717, 1.165) is 12.3 Å². The van der Waals surface area contributed by atoms with Gasteiger partial charge in [0.05, 0.1) is 11.1 Å². The molecule has 0 atom stereocenters. The predicted molar refractivity (Wildman–Crippen MR) is 63.7 cm³/mol. The van der Waals surface area contributed by atoms with Crippen molar-refractivity contribution in [2.24, 2.45) is 0 Å². The first-order valence-corrected chi connectivity index (χ1v) is 5.81. The van der Waals surface area contributed by atoms with Crippen LogP contribution in [0.5, 0.6) is 0 Å². The molecule has 1 aliphatic heterocycles. The summed E-state index contributed by atoms with van der Waals surface area (Å²) in [6.07, 6.45) is 2.32. The van der Waals surface area contributed by atoms with Gasteiger partial charge in [-0.2, -0.15) is 0 Å². The van der Waals surface area contributed by atoms with Crippen molar-refractivity contribution in [1.29, 1.82) is 0 Å². The minimum Gasteiger partial charge on any atom is -0.478 e. The van der Waals surface area contributed by atoms with Gasteiger partial charge in [-0.15, -0.1) is 0 Å². The summed E-state index contributed by atoms with van der Waals surface area (Å²) in [5.74, 6) is -2.79. The number of carboxylic acid groups (broad SMARTS) is 2. The molecular formula is C12H13NO6. The van der Waals surface area contributed by atoms with Crippen LogP contribution in [0, 0.1) is 0 Å². The molecule has 7 nitrogen and oxygen atoms in total. The lowest BCUT2D eigenvalue weighted by Crippen LogP contribution is -2.30. The van der Waals surface area contributed by atoms with E-state index in [1.54, 1.807) is 0 Å². The third-order valence-corrected chi connectivity index (χ3v) is 3.13. The predicted octanol–water partition coefficient (Wildman–Crippen LogP) is 0.596. The van der Waals surface area contributed by atoms with Gasteiger partial charge in [0, 0.05) is 31.5 Å². The zero-order chi connectivity index (χ0) is 14.0. The van der Waals surface area contributed by atoms with Crippen LogP contribution in [0.3, 0.4) is 0 Å². The largest absolute Gasteiger partial charge is 0.478 e. The van der Waals surface area contributed by atoms with Crippen LogP contribution in [0.4, 0.5) is 0 Å². The summed E-state index contributed by atoms with van der Waals surface area (Å²) in [6.45, 7) is 1.00. The van der Waals surface area contributed by atoms with Crippen molar-refractivity contribution in [3.05, 3.63) is 33.7 Å². The first kappa shape index (κ1) is 13.3. The number of carboxylic acids is 2. The topological polar surface area (TPSA) is 106 Å². The first-order chi connectivity index (χ1) is 9.00. The highest BCUT2D eigenvalue weighted by atomic mass is 16.5. The number of aromatic carboxylic acids is 2. The lowest BCUT2D eigenvalue weighted by molar-refractivity contribution is 0.0637. The number of hydrogen-bond acceptors (Lipinski definition) is 4. The van der Waals surface area contributed by atoms with Gasteiger partial charge in [-0.1, -0.05) is 0 Å². The molecule has 0 saturated carbocycles. The highest BCUT2D eigenvalue weighted by Crippen LogP contribution is 2.20. The lowest BCUT2D eigenvalue weighted by atomic mass is 10.1. The normalized spacial score (nSPS) is 16.2. The molecule has 102 valence electrons. The fourth-order valence-electron chi connectivity index (χ4n) is 2.14. The summed E-state index contributed by atoms with van der Waals surface area (Å²) in [5.41, 5.74) is -1.37. The lowest BCUT2D eigenvalue weighted by Gasteiger charge is -2.24. The second kappa shape index (κ2) is 5.23. The Bertz CT molecular complexity index is 570. The molecule has 1 aromatic heterocycles. The van der Waals surface area contributed by atoms with E-state index >= 15 is 0 Å². The summed E-state index contributed by atoms with van der Waals surface area (Å²) in [5, 5.41) is 17.9. The smallest absolute Gasteiger partial charge is 0.338 e. The SMILES string of the molecule is O=C(O)c1cc(=O)n(C2CCOCC2)cc1C(=O)O. The Morgan fingerprint density at radius 3 is 2.26 bits per heavy atom. The average Bonchev–Trinajstić information content (AvgIpc) is 2.39. The maximum absolute atomic E-state index is 11.9. The van der Waals surface area contributed by atoms with E-state index in [1.165, 1.54) is 4.57 Å². The van der Waals surface area contributed by atoms with E-state index in [0.29, 0.717) is 26.1 Å². The van der Waals surface area contributed by atoms with Crippen LogP contribution in [0.2, 0.25) is 0 Å². The molecule has 0 aromatic carbocycles. The van der Waals surface area contributed by atoms with E-state index in [1.807, 2.05) is 0 Å². The molecule has 1 saturated heterocycles. The van der Waals surface area contributed by atoms with Crippen molar-refractivity contribution in [1.82, 2.24) is 4.57 Å². The number of nitrogens with zero attached hydrogens (tertiary/aromatic N) is 1. The molecule has 2 rings (SSSR count). The quantitative estimate of drug-likeness (QED) is 0.830. The van der Waals surface area contributed by atoms with E-state index < -0.39 is 23.1 Å². The maximum Gasteiger partial charge on any atom is 0.338 e. The standard InChI is InChI=1S/C12H13NO6/c14-10-5-8(11(15)16)9(12(17)18)6-13(10)7-1-3-19-4-2-7/h5-7H,1-4H2,(H,15,16)(H,17,18). The number of pyridine rings is 1. The molecule has 0 bridgehead atoms. The van der Waals surface area contributed by atoms with Crippen molar-refractivity contribution in [2.75, 3.05) is 13.2 Å². The third kappa shape index (κ3) is 2.65. The summed E-state index contributed by atoms with van der Waals surface area (Å²) in [4.78, 5) is 33.9. The van der Waals surface area contributed by atoms with Crippen molar-refractivity contribution < 1.29 is 24.5 Å². The van der Waals surface area contributed by atoms with Crippen molar-refractivity contribution >= 4 is 11.9 Å². The number of rotatable bonds is 3. The highest BCUT2D eigenvalue weighted by Gasteiger charge is 2.22. The van der Waals surface area contributed by atoms with Gasteiger partial charge in [-0.3, -0.25) is 4.79 Å². The van der Waals surface area contributed by atoms with Gasteiger partial charge in [0.25, 0.3) is 5.56 Å². The number of aromatic nitrogens is 1. The summed E-state index contributed by atoms with van der Waals surface area (Å²) in [7, 11) is 0. The average molecular weight is 267 g/mol. The van der Waals surface area contributed by atoms with Gasteiger partial charge < -0.3 is 19.5 Å². The zero-order valence-corrected chi connectivity index (χ0v) is 10.0. The minimum absolute atomic E-state index is 0.151. The Kier molecular flexibility index (Phi) is 3.66. The third-order valence-electron chi connectivity index (χ3n) is 3.13. The molecular weight excluding hydrogens is 254 g/mol. The van der Waals surface area contributed by atoms with Gasteiger partial charge >= 0.3 is 11.9 Å². The fourth-order valence-corrected chi connectivity index (χ4v) is 2.14. The minimum atomic E-state index is -1.42. The van der Waals surface area contributed by atoms with E-state index in [9.17, 15) is 14.4 Å². The van der Waals surface area contributed by atoms with E-state index in [4.69, 9.17) is 14.9 Å². The van der Waals surface area contributed by atoms with Crippen LogP contribution >= 0.6 is 0 Å². The van der Waals surface area contributed by atoms with Gasteiger partial charge in [0.2, 0.25) is 0 Å². The highest BCUT2D eigenvalue weighted by molar-refractivity contribution is 6.01. The molecule has 0 aliphatic carbocycles. The molecule has 0 amide bonds. The summed E-state index contributed by atoms with van der Waals surface area (Å²) >= 11 is 0. The Balaban J connectivity index is 2.51.